The van der Waals surface area contributed by atoms with Gasteiger partial charge in [-0.1, -0.05) is 91.0 Å². The largest absolute Gasteiger partial charge is 0.337 e. The maximum atomic E-state index is 5.22. The molecule has 1 aliphatic heterocycles. The van der Waals surface area contributed by atoms with Crippen LogP contribution in [0.1, 0.15) is 29.2 Å². The zero-order valence-corrected chi connectivity index (χ0v) is 19.0. The van der Waals surface area contributed by atoms with Crippen molar-refractivity contribution < 1.29 is 0 Å². The molecular weight excluding hydrogens is 416 g/mol. The summed E-state index contributed by atoms with van der Waals surface area (Å²) in [5.74, 6) is 1.05. The topological polar surface area (TPSA) is 33.4 Å². The van der Waals surface area contributed by atoms with Gasteiger partial charge in [-0.15, -0.1) is 0 Å². The van der Waals surface area contributed by atoms with Gasteiger partial charge < -0.3 is 9.47 Å². The number of aryl methyl sites for hydroxylation is 1. The van der Waals surface area contributed by atoms with Gasteiger partial charge in [0.2, 0.25) is 0 Å². The number of hydrogen-bond acceptors (Lipinski definition) is 2. The summed E-state index contributed by atoms with van der Waals surface area (Å²) in [7, 11) is 0. The molecule has 1 aromatic heterocycles. The summed E-state index contributed by atoms with van der Waals surface area (Å²) >= 11 is 0. The molecule has 34 heavy (non-hydrogen) atoms. The fraction of sp³-hybridized carbons (Fsp3) is 0.133. The van der Waals surface area contributed by atoms with Crippen LogP contribution in [0.3, 0.4) is 0 Å². The molecule has 0 N–H and O–H groups in total. The highest BCUT2D eigenvalue weighted by Crippen LogP contribution is 2.44. The second kappa shape index (κ2) is 8.99. The van der Waals surface area contributed by atoms with Crippen LogP contribution in [0.15, 0.2) is 121 Å². The highest BCUT2D eigenvalue weighted by molar-refractivity contribution is 6.27. The molecule has 0 bridgehead atoms. The van der Waals surface area contributed by atoms with Gasteiger partial charge in [-0.05, 0) is 29.0 Å². The van der Waals surface area contributed by atoms with Crippen LogP contribution in [0, 0.1) is 0 Å². The molecular formula is C30H26N4. The van der Waals surface area contributed by atoms with E-state index in [2.05, 4.69) is 112 Å². The minimum atomic E-state index is 0.0350. The Labute approximate surface area is 199 Å². The van der Waals surface area contributed by atoms with Gasteiger partial charge >= 0.3 is 0 Å². The quantitative estimate of drug-likeness (QED) is 0.270. The van der Waals surface area contributed by atoms with Crippen molar-refractivity contribution in [3.8, 4) is 0 Å². The summed E-state index contributed by atoms with van der Waals surface area (Å²) in [6.07, 6.45) is 6.66. The molecule has 4 heteroatoms. The van der Waals surface area contributed by atoms with Crippen LogP contribution in [0.4, 0.5) is 5.69 Å². The van der Waals surface area contributed by atoms with Crippen molar-refractivity contribution in [1.29, 1.82) is 0 Å². The Morgan fingerprint density at radius 2 is 1.47 bits per heavy atom. The van der Waals surface area contributed by atoms with Crippen LogP contribution in [-0.4, -0.2) is 21.9 Å². The van der Waals surface area contributed by atoms with Gasteiger partial charge in [0.25, 0.3) is 0 Å². The number of imidazole rings is 1. The first kappa shape index (κ1) is 20.4. The molecule has 4 nitrogen and oxygen atoms in total. The highest BCUT2D eigenvalue weighted by Gasteiger charge is 2.34. The van der Waals surface area contributed by atoms with Crippen LogP contribution in [0.5, 0.6) is 0 Å². The minimum Gasteiger partial charge on any atom is -0.337 e. The average Bonchev–Trinajstić information content (AvgIpc) is 3.52. The van der Waals surface area contributed by atoms with Crippen molar-refractivity contribution in [2.75, 3.05) is 11.4 Å². The van der Waals surface area contributed by atoms with Crippen LogP contribution < -0.4 is 4.90 Å². The monoisotopic (exact) mass is 442 g/mol. The van der Waals surface area contributed by atoms with Crippen LogP contribution in [0.2, 0.25) is 0 Å². The Hall–Kier alpha value is -4.18. The molecule has 0 atom stereocenters. The molecule has 4 aromatic carbocycles. The summed E-state index contributed by atoms with van der Waals surface area (Å²) in [5.41, 5.74) is 4.95. The highest BCUT2D eigenvalue weighted by atomic mass is 15.2. The van der Waals surface area contributed by atoms with Gasteiger partial charge in [-0.3, -0.25) is 4.99 Å². The average molecular weight is 443 g/mol. The van der Waals surface area contributed by atoms with Crippen LogP contribution in [-0.2, 0) is 6.54 Å². The number of benzene rings is 4. The third-order valence-electron chi connectivity index (χ3n) is 6.50. The number of rotatable bonds is 7. The summed E-state index contributed by atoms with van der Waals surface area (Å²) in [6.45, 7) is 1.67. The van der Waals surface area contributed by atoms with Gasteiger partial charge in [0.1, 0.15) is 5.84 Å². The van der Waals surface area contributed by atoms with E-state index in [-0.39, 0.29) is 6.04 Å². The van der Waals surface area contributed by atoms with E-state index >= 15 is 0 Å². The number of anilines is 1. The molecule has 5 aromatic rings. The molecule has 0 fully saturated rings. The SMILES string of the molecule is c1ccc(C(c2ccccc2)N2C(=NCCCn3ccnc3)c3cccc4cccc2c34)cc1. The van der Waals surface area contributed by atoms with E-state index in [1.54, 1.807) is 0 Å². The zero-order chi connectivity index (χ0) is 22.7. The number of aliphatic imine (C=N–C) groups is 1. The standard InChI is InChI=1S/C30H26N4/c1-3-10-24(11-4-1)29(25-12-5-2-6-13-25)34-27-17-8-15-23-14-7-16-26(28(23)27)30(34)32-18-9-20-33-21-19-31-22-33/h1-8,10-17,19,21-22,29H,9,18,20H2. The molecule has 166 valence electrons. The van der Waals surface area contributed by atoms with Gasteiger partial charge in [0, 0.05) is 36.4 Å². The first-order valence-electron chi connectivity index (χ1n) is 11.8. The maximum Gasteiger partial charge on any atom is 0.136 e. The number of aromatic nitrogens is 2. The third kappa shape index (κ3) is 3.67. The first-order chi connectivity index (χ1) is 16.9. The van der Waals surface area contributed by atoms with E-state index in [1.807, 2.05) is 18.7 Å². The molecule has 2 heterocycles. The molecule has 0 amide bonds. The lowest BCUT2D eigenvalue weighted by Gasteiger charge is -2.32. The first-order valence-corrected chi connectivity index (χ1v) is 11.8. The molecule has 0 saturated carbocycles. The van der Waals surface area contributed by atoms with E-state index in [4.69, 9.17) is 4.99 Å². The normalized spacial score (nSPS) is 13.9. The minimum absolute atomic E-state index is 0.0350. The van der Waals surface area contributed by atoms with Gasteiger partial charge in [0.15, 0.2) is 0 Å². The van der Waals surface area contributed by atoms with Gasteiger partial charge in [-0.25, -0.2) is 4.98 Å². The van der Waals surface area contributed by atoms with Crippen molar-refractivity contribution in [1.82, 2.24) is 9.55 Å². The van der Waals surface area contributed by atoms with E-state index in [0.717, 1.165) is 25.3 Å². The van der Waals surface area contributed by atoms with Crippen molar-refractivity contribution in [2.24, 2.45) is 4.99 Å². The van der Waals surface area contributed by atoms with Crippen molar-refractivity contribution in [3.05, 3.63) is 132 Å². The molecule has 0 radical (unpaired) electrons. The summed E-state index contributed by atoms with van der Waals surface area (Å²) < 4.78 is 2.11. The predicted molar refractivity (Wildman–Crippen MR) is 139 cm³/mol. The second-order valence-corrected chi connectivity index (χ2v) is 8.63. The lowest BCUT2D eigenvalue weighted by atomic mass is 9.96. The lowest BCUT2D eigenvalue weighted by molar-refractivity contribution is 0.650. The van der Waals surface area contributed by atoms with Crippen molar-refractivity contribution in [3.63, 3.8) is 0 Å². The smallest absolute Gasteiger partial charge is 0.136 e. The Bertz CT molecular complexity index is 1380. The Balaban J connectivity index is 1.47. The molecule has 0 unspecified atom stereocenters. The van der Waals surface area contributed by atoms with E-state index < -0.39 is 0 Å². The van der Waals surface area contributed by atoms with E-state index in [9.17, 15) is 0 Å². The molecule has 0 aliphatic carbocycles. The lowest BCUT2D eigenvalue weighted by Crippen LogP contribution is -2.33. The molecule has 6 rings (SSSR count). The van der Waals surface area contributed by atoms with Crippen molar-refractivity contribution >= 4 is 22.3 Å². The van der Waals surface area contributed by atoms with E-state index in [0.29, 0.717) is 0 Å². The molecule has 0 spiro atoms. The Kier molecular flexibility index (Phi) is 5.40. The second-order valence-electron chi connectivity index (χ2n) is 8.63. The van der Waals surface area contributed by atoms with E-state index in [1.165, 1.54) is 33.2 Å². The molecule has 1 aliphatic rings. The van der Waals surface area contributed by atoms with Crippen LogP contribution in [0.25, 0.3) is 10.8 Å². The zero-order valence-electron chi connectivity index (χ0n) is 19.0. The third-order valence-corrected chi connectivity index (χ3v) is 6.50. The summed E-state index contributed by atoms with van der Waals surface area (Å²) in [5, 5.41) is 2.54. The van der Waals surface area contributed by atoms with Gasteiger partial charge in [-0.2, -0.15) is 0 Å². The maximum absolute atomic E-state index is 5.22. The number of hydrogen-bond donors (Lipinski definition) is 0. The summed E-state index contributed by atoms with van der Waals surface area (Å²) in [4.78, 5) is 11.8. The van der Waals surface area contributed by atoms with Crippen molar-refractivity contribution in [2.45, 2.75) is 19.0 Å². The molecule has 0 saturated heterocycles. The fourth-order valence-corrected chi connectivity index (χ4v) is 4.99. The Morgan fingerprint density at radius 3 is 2.15 bits per heavy atom. The Morgan fingerprint density at radius 1 is 0.765 bits per heavy atom. The summed E-state index contributed by atoms with van der Waals surface area (Å²) in [6, 6.07) is 34.7. The predicted octanol–water partition coefficient (Wildman–Crippen LogP) is 6.48. The number of amidine groups is 1. The van der Waals surface area contributed by atoms with Crippen LogP contribution >= 0.6 is 0 Å². The fourth-order valence-electron chi connectivity index (χ4n) is 4.99. The van der Waals surface area contributed by atoms with Gasteiger partial charge in [0.05, 0.1) is 18.1 Å². The number of nitrogens with zero attached hydrogens (tertiary/aromatic N) is 4.